The van der Waals surface area contributed by atoms with Crippen LogP contribution in [0.15, 0.2) is 39.2 Å². The van der Waals surface area contributed by atoms with E-state index in [2.05, 4.69) is 5.27 Å². The molecule has 0 spiro atoms. The molecule has 0 saturated heterocycles. The molecular formula is C18H21N2O7+. The first kappa shape index (κ1) is 20.0. The second kappa shape index (κ2) is 9.37. The van der Waals surface area contributed by atoms with Gasteiger partial charge < -0.3 is 14.2 Å². The van der Waals surface area contributed by atoms with Crippen molar-refractivity contribution < 1.29 is 33.0 Å². The number of rotatable bonds is 8. The van der Waals surface area contributed by atoms with Crippen LogP contribution in [0.5, 0.6) is 5.75 Å². The molecule has 1 aromatic carbocycles. The van der Waals surface area contributed by atoms with Gasteiger partial charge in [0.2, 0.25) is 5.69 Å². The first-order valence-corrected chi connectivity index (χ1v) is 8.44. The lowest BCUT2D eigenvalue weighted by Crippen LogP contribution is -2.37. The van der Waals surface area contributed by atoms with Crippen molar-refractivity contribution in [3.05, 3.63) is 46.0 Å². The molecule has 0 radical (unpaired) electrons. The van der Waals surface area contributed by atoms with Crippen LogP contribution in [-0.2, 0) is 19.1 Å². The van der Waals surface area contributed by atoms with Gasteiger partial charge in [-0.15, -0.1) is 0 Å². The van der Waals surface area contributed by atoms with Gasteiger partial charge in [-0.3, -0.25) is 4.52 Å². The molecule has 0 aliphatic carbocycles. The Bertz CT molecular complexity index is 858. The summed E-state index contributed by atoms with van der Waals surface area (Å²) in [5.74, 6) is -1.13. The summed E-state index contributed by atoms with van der Waals surface area (Å²) in [4.78, 5) is 36.3. The lowest BCUT2D eigenvalue weighted by atomic mass is 10.2. The number of aromatic nitrogens is 2. The molecule has 2 aromatic rings. The number of benzene rings is 1. The van der Waals surface area contributed by atoms with E-state index in [4.69, 9.17) is 18.7 Å². The second-order valence-corrected chi connectivity index (χ2v) is 5.13. The zero-order valence-electron chi connectivity index (χ0n) is 15.3. The highest BCUT2D eigenvalue weighted by Gasteiger charge is 2.28. The number of ether oxygens (including phenoxy) is 3. The third-order valence-corrected chi connectivity index (χ3v) is 3.36. The first-order valence-electron chi connectivity index (χ1n) is 8.44. The number of esters is 2. The highest BCUT2D eigenvalue weighted by atomic mass is 16.6. The van der Waals surface area contributed by atoms with E-state index in [1.165, 1.54) is 4.68 Å². The molecule has 9 heteroatoms. The van der Waals surface area contributed by atoms with Gasteiger partial charge in [-0.25, -0.2) is 14.4 Å². The van der Waals surface area contributed by atoms with Gasteiger partial charge in [0.15, 0.2) is 5.57 Å². The zero-order chi connectivity index (χ0) is 19.8. The monoisotopic (exact) mass is 377 g/mol. The molecule has 144 valence electrons. The number of aromatic amines is 1. The average molecular weight is 377 g/mol. The van der Waals surface area contributed by atoms with Gasteiger partial charge in [-0.05, 0) is 42.9 Å². The van der Waals surface area contributed by atoms with Crippen LogP contribution in [0.2, 0.25) is 0 Å². The van der Waals surface area contributed by atoms with Crippen molar-refractivity contribution in [2.75, 3.05) is 19.8 Å². The maximum Gasteiger partial charge on any atom is 0.435 e. The van der Waals surface area contributed by atoms with E-state index in [1.807, 2.05) is 6.92 Å². The predicted molar refractivity (Wildman–Crippen MR) is 93.3 cm³/mol. The summed E-state index contributed by atoms with van der Waals surface area (Å²) < 4.78 is 21.2. The fourth-order valence-corrected chi connectivity index (χ4v) is 2.21. The van der Waals surface area contributed by atoms with E-state index in [0.29, 0.717) is 18.0 Å². The molecule has 2 rings (SSSR count). The van der Waals surface area contributed by atoms with Crippen LogP contribution in [0.3, 0.4) is 0 Å². The minimum Gasteiger partial charge on any atom is -0.494 e. The van der Waals surface area contributed by atoms with Crippen molar-refractivity contribution in [3.63, 3.8) is 0 Å². The lowest BCUT2D eigenvalue weighted by Gasteiger charge is -2.05. The molecule has 0 fully saturated rings. The molecule has 0 saturated carbocycles. The molecular weight excluding hydrogens is 356 g/mol. The van der Waals surface area contributed by atoms with Crippen molar-refractivity contribution in [1.29, 1.82) is 0 Å². The van der Waals surface area contributed by atoms with Gasteiger partial charge in [-0.1, -0.05) is 0 Å². The molecule has 1 N–H and O–H groups in total. The molecule has 1 aromatic heterocycles. The van der Waals surface area contributed by atoms with Crippen LogP contribution >= 0.6 is 0 Å². The molecule has 0 aliphatic rings. The van der Waals surface area contributed by atoms with Gasteiger partial charge in [0.1, 0.15) is 5.75 Å². The maximum atomic E-state index is 12.1. The summed E-state index contributed by atoms with van der Waals surface area (Å²) in [6.45, 7) is 5.72. The van der Waals surface area contributed by atoms with Crippen molar-refractivity contribution >= 4 is 18.0 Å². The highest BCUT2D eigenvalue weighted by Crippen LogP contribution is 2.13. The fourth-order valence-electron chi connectivity index (χ4n) is 2.21. The van der Waals surface area contributed by atoms with Gasteiger partial charge in [0.05, 0.1) is 19.8 Å². The second-order valence-electron chi connectivity index (χ2n) is 5.13. The fraction of sp³-hybridized carbons (Fsp3) is 0.333. The average Bonchev–Trinajstić information content (AvgIpc) is 3.01. The Labute approximate surface area is 155 Å². The summed E-state index contributed by atoms with van der Waals surface area (Å²) in [6, 6.07) is 6.79. The van der Waals surface area contributed by atoms with E-state index in [1.54, 1.807) is 38.1 Å². The van der Waals surface area contributed by atoms with Crippen molar-refractivity contribution in [2.24, 2.45) is 0 Å². The van der Waals surface area contributed by atoms with Crippen LogP contribution in [0.1, 0.15) is 26.5 Å². The molecule has 9 nitrogen and oxygen atoms in total. The van der Waals surface area contributed by atoms with Crippen LogP contribution in [0.4, 0.5) is 0 Å². The smallest absolute Gasteiger partial charge is 0.435 e. The molecule has 0 unspecified atom stereocenters. The van der Waals surface area contributed by atoms with Crippen molar-refractivity contribution in [2.45, 2.75) is 20.8 Å². The third-order valence-electron chi connectivity index (χ3n) is 3.36. The van der Waals surface area contributed by atoms with Gasteiger partial charge >= 0.3 is 23.3 Å². The molecule has 0 amide bonds. The summed E-state index contributed by atoms with van der Waals surface area (Å²) >= 11 is 0. The number of hydrogen-bond acceptors (Lipinski definition) is 7. The lowest BCUT2D eigenvalue weighted by molar-refractivity contribution is -0.672. The zero-order valence-corrected chi connectivity index (χ0v) is 15.3. The number of H-pyrrole nitrogens is 1. The Morgan fingerprint density at radius 1 is 1.04 bits per heavy atom. The number of hydrogen-bond donors (Lipinski definition) is 1. The normalized spacial score (nSPS) is 10.2. The van der Waals surface area contributed by atoms with E-state index < -0.39 is 23.1 Å². The Hall–Kier alpha value is -3.36. The summed E-state index contributed by atoms with van der Waals surface area (Å²) in [5.41, 5.74) is -0.724. The summed E-state index contributed by atoms with van der Waals surface area (Å²) in [5, 5.41) is 2.43. The van der Waals surface area contributed by atoms with Gasteiger partial charge in [0.25, 0.3) is 0 Å². The van der Waals surface area contributed by atoms with Gasteiger partial charge in [-0.2, -0.15) is 0 Å². The van der Waals surface area contributed by atoms with E-state index in [-0.39, 0.29) is 18.9 Å². The Morgan fingerprint density at radius 2 is 1.63 bits per heavy atom. The minimum absolute atomic E-state index is 0.0657. The highest BCUT2D eigenvalue weighted by molar-refractivity contribution is 6.17. The number of nitrogens with one attached hydrogen (secondary N) is 1. The third kappa shape index (κ3) is 4.84. The van der Waals surface area contributed by atoms with E-state index in [9.17, 15) is 14.4 Å². The maximum absolute atomic E-state index is 12.1. The van der Waals surface area contributed by atoms with E-state index >= 15 is 0 Å². The SMILES string of the molecule is CCOC(=O)C(=Cc1c(=O)o[nH][n+]1-c1ccc(OCC)cc1)C(=O)OCC. The summed E-state index contributed by atoms with van der Waals surface area (Å²) in [7, 11) is 0. The van der Waals surface area contributed by atoms with E-state index in [0.717, 1.165) is 6.08 Å². The minimum atomic E-state index is -0.894. The van der Waals surface area contributed by atoms with Crippen LogP contribution in [-0.4, -0.2) is 37.0 Å². The molecule has 1 heterocycles. The number of nitrogens with zero attached hydrogens (tertiary/aromatic N) is 1. The molecule has 27 heavy (non-hydrogen) atoms. The number of carbonyl (C=O) groups is 2. The van der Waals surface area contributed by atoms with Crippen LogP contribution in [0, 0.1) is 0 Å². The predicted octanol–water partition coefficient (Wildman–Crippen LogP) is 1.15. The topological polar surface area (TPSA) is 112 Å². The Balaban J connectivity index is 2.48. The molecule has 0 aliphatic heterocycles. The largest absolute Gasteiger partial charge is 0.494 e. The Kier molecular flexibility index (Phi) is 6.93. The molecule has 0 atom stereocenters. The van der Waals surface area contributed by atoms with Crippen LogP contribution in [0.25, 0.3) is 11.8 Å². The number of carbonyl (C=O) groups excluding carboxylic acids is 2. The standard InChI is InChI=1S/C18H20N2O7/c1-4-24-13-9-7-12(8-10-13)20-15(18(23)27-19-20)11-14(16(21)25-5-2)17(22)26-6-3/h7-11H,4-6H2,1-3H3/p+1. The molecule has 0 bridgehead atoms. The van der Waals surface area contributed by atoms with Crippen LogP contribution < -0.4 is 15.0 Å². The van der Waals surface area contributed by atoms with Gasteiger partial charge in [0, 0.05) is 18.2 Å². The summed E-state index contributed by atoms with van der Waals surface area (Å²) in [6.07, 6.45) is 1.08. The quantitative estimate of drug-likeness (QED) is 0.241. The van der Waals surface area contributed by atoms with Crippen molar-refractivity contribution in [1.82, 2.24) is 5.27 Å². The Morgan fingerprint density at radius 3 is 2.15 bits per heavy atom. The van der Waals surface area contributed by atoms with Crippen molar-refractivity contribution in [3.8, 4) is 11.4 Å². The first-order chi connectivity index (χ1) is 13.0.